The van der Waals surface area contributed by atoms with Crippen molar-refractivity contribution < 1.29 is 47.6 Å². The third-order valence-corrected chi connectivity index (χ3v) is 6.04. The molecule has 0 saturated heterocycles. The van der Waals surface area contributed by atoms with Gasteiger partial charge in [-0.05, 0) is 12.8 Å². The van der Waals surface area contributed by atoms with Crippen LogP contribution in [0.4, 0.5) is 0 Å². The molecule has 0 aliphatic heterocycles. The Kier molecular flexibility index (Phi) is 20.5. The van der Waals surface area contributed by atoms with Gasteiger partial charge in [0, 0.05) is 0 Å². The fraction of sp³-hybridized carbons (Fsp3) is 1.00. The molecule has 6 heteroatoms. The van der Waals surface area contributed by atoms with Gasteiger partial charge in [0.1, 0.15) is 10.1 Å². The minimum atomic E-state index is -4.40. The van der Waals surface area contributed by atoms with Crippen LogP contribution in [-0.4, -0.2) is 29.4 Å². The van der Waals surface area contributed by atoms with Crippen LogP contribution < -0.4 is 29.6 Å². The summed E-state index contributed by atoms with van der Waals surface area (Å²) >= 11 is 0. The van der Waals surface area contributed by atoms with E-state index in [0.29, 0.717) is 12.8 Å². The molecule has 0 fully saturated rings. The van der Waals surface area contributed by atoms with Gasteiger partial charge in [-0.3, -0.25) is 0 Å². The van der Waals surface area contributed by atoms with Gasteiger partial charge >= 0.3 is 29.6 Å². The molecule has 0 spiro atoms. The zero-order valence-electron chi connectivity index (χ0n) is 16.8. The zero-order valence-corrected chi connectivity index (χ0v) is 19.7. The molecular weight excluding hydrogens is 347 g/mol. The molecule has 0 heterocycles. The van der Waals surface area contributed by atoms with Crippen LogP contribution in [0.2, 0.25) is 0 Å². The maximum atomic E-state index is 11.3. The first-order valence-corrected chi connectivity index (χ1v) is 11.5. The number of aliphatic hydroxyl groups excluding tert-OH is 1. The molecule has 4 nitrogen and oxygen atoms in total. The van der Waals surface area contributed by atoms with Crippen molar-refractivity contribution in [3.05, 3.63) is 0 Å². The first-order chi connectivity index (χ1) is 11.4. The quantitative estimate of drug-likeness (QED) is 0.236. The Hall–Kier alpha value is 0.870. The Morgan fingerprint density at radius 1 is 0.720 bits per heavy atom. The standard InChI is InChI=1S/C19H40O4S.Na/c1-3-5-7-8-9-10-11-12-13-14-15-16-18(20)19(17-6-4-2)24(21,22)23;/h18-20H,3-17H2,1-2H3,(H,21,22,23);/q;+1/p-1. The third-order valence-electron chi connectivity index (χ3n) is 4.75. The molecular formula is C19H39NaO4S. The molecule has 2 atom stereocenters. The first kappa shape index (κ1) is 28.1. The van der Waals surface area contributed by atoms with Crippen LogP contribution in [0.25, 0.3) is 0 Å². The minimum absolute atomic E-state index is 0. The fourth-order valence-corrected chi connectivity index (χ4v) is 4.11. The smallest absolute Gasteiger partial charge is 0.748 e. The molecule has 0 aliphatic rings. The van der Waals surface area contributed by atoms with Crippen molar-refractivity contribution in [2.75, 3.05) is 0 Å². The summed E-state index contributed by atoms with van der Waals surface area (Å²) in [6.45, 7) is 4.18. The molecule has 1 N–H and O–H groups in total. The van der Waals surface area contributed by atoms with E-state index in [-0.39, 0.29) is 36.0 Å². The Morgan fingerprint density at radius 2 is 1.12 bits per heavy atom. The molecule has 0 aromatic rings. The van der Waals surface area contributed by atoms with Crippen molar-refractivity contribution in [2.45, 2.75) is 122 Å². The van der Waals surface area contributed by atoms with E-state index in [1.807, 2.05) is 6.92 Å². The van der Waals surface area contributed by atoms with E-state index in [1.165, 1.54) is 51.4 Å². The van der Waals surface area contributed by atoms with Gasteiger partial charge in [0.2, 0.25) is 0 Å². The Labute approximate surface area is 178 Å². The summed E-state index contributed by atoms with van der Waals surface area (Å²) in [5, 5.41) is 8.91. The van der Waals surface area contributed by atoms with Gasteiger partial charge in [0.15, 0.2) is 0 Å². The molecule has 0 saturated carbocycles. The van der Waals surface area contributed by atoms with Gasteiger partial charge in [-0.25, -0.2) is 8.42 Å². The van der Waals surface area contributed by atoms with Crippen LogP contribution >= 0.6 is 0 Å². The second-order valence-electron chi connectivity index (χ2n) is 7.07. The van der Waals surface area contributed by atoms with Crippen LogP contribution in [0.1, 0.15) is 110 Å². The molecule has 0 aromatic carbocycles. The number of unbranched alkanes of at least 4 members (excludes halogenated alkanes) is 11. The number of hydrogen-bond donors (Lipinski definition) is 1. The summed E-state index contributed by atoms with van der Waals surface area (Å²) in [6.07, 6.45) is 14.6. The van der Waals surface area contributed by atoms with E-state index in [2.05, 4.69) is 6.92 Å². The predicted octanol–water partition coefficient (Wildman–Crippen LogP) is 2.16. The Balaban J connectivity index is 0. The largest absolute Gasteiger partial charge is 1.00 e. The first-order valence-electron chi connectivity index (χ1n) is 10.1. The monoisotopic (exact) mass is 386 g/mol. The molecule has 0 bridgehead atoms. The molecule has 0 radical (unpaired) electrons. The number of hydrogen-bond acceptors (Lipinski definition) is 4. The average molecular weight is 387 g/mol. The molecule has 25 heavy (non-hydrogen) atoms. The summed E-state index contributed by atoms with van der Waals surface area (Å²) in [5.74, 6) is 0. The van der Waals surface area contributed by atoms with Gasteiger partial charge in [-0.15, -0.1) is 0 Å². The molecule has 0 amide bonds. The van der Waals surface area contributed by atoms with Gasteiger partial charge in [-0.1, -0.05) is 97.3 Å². The molecule has 0 aliphatic carbocycles. The summed E-state index contributed by atoms with van der Waals surface area (Å²) in [5.41, 5.74) is 0. The van der Waals surface area contributed by atoms with Gasteiger partial charge in [0.25, 0.3) is 0 Å². The molecule has 0 rings (SSSR count). The summed E-state index contributed by atoms with van der Waals surface area (Å²) in [4.78, 5) is 0. The van der Waals surface area contributed by atoms with E-state index in [4.69, 9.17) is 0 Å². The second-order valence-corrected chi connectivity index (χ2v) is 8.66. The van der Waals surface area contributed by atoms with Gasteiger partial charge < -0.3 is 9.66 Å². The van der Waals surface area contributed by atoms with E-state index in [9.17, 15) is 18.1 Å². The van der Waals surface area contributed by atoms with Crippen molar-refractivity contribution in [1.29, 1.82) is 0 Å². The van der Waals surface area contributed by atoms with Crippen molar-refractivity contribution >= 4 is 10.1 Å². The van der Waals surface area contributed by atoms with Gasteiger partial charge in [0.05, 0.1) is 11.4 Å². The summed E-state index contributed by atoms with van der Waals surface area (Å²) in [6, 6.07) is 0. The zero-order chi connectivity index (χ0) is 18.3. The maximum Gasteiger partial charge on any atom is 1.00 e. The van der Waals surface area contributed by atoms with Crippen LogP contribution in [0.3, 0.4) is 0 Å². The van der Waals surface area contributed by atoms with Crippen molar-refractivity contribution in [2.24, 2.45) is 0 Å². The third kappa shape index (κ3) is 16.7. The van der Waals surface area contributed by atoms with E-state index < -0.39 is 21.5 Å². The maximum absolute atomic E-state index is 11.3. The van der Waals surface area contributed by atoms with Crippen LogP contribution in [0, 0.1) is 0 Å². The van der Waals surface area contributed by atoms with Crippen LogP contribution in [0.15, 0.2) is 0 Å². The van der Waals surface area contributed by atoms with E-state index >= 15 is 0 Å². The minimum Gasteiger partial charge on any atom is -0.748 e. The van der Waals surface area contributed by atoms with Crippen LogP contribution in [0.5, 0.6) is 0 Å². The number of aliphatic hydroxyl groups is 1. The summed E-state index contributed by atoms with van der Waals surface area (Å²) in [7, 11) is -4.40. The predicted molar refractivity (Wildman–Crippen MR) is 100 cm³/mol. The molecule has 2 unspecified atom stereocenters. The van der Waals surface area contributed by atoms with Crippen LogP contribution in [-0.2, 0) is 10.1 Å². The molecule has 0 aromatic heterocycles. The van der Waals surface area contributed by atoms with Gasteiger partial charge in [-0.2, -0.15) is 0 Å². The fourth-order valence-electron chi connectivity index (χ4n) is 3.14. The topological polar surface area (TPSA) is 77.4 Å². The van der Waals surface area contributed by atoms with Crippen molar-refractivity contribution in [3.63, 3.8) is 0 Å². The Morgan fingerprint density at radius 3 is 1.52 bits per heavy atom. The second kappa shape index (κ2) is 18.2. The normalized spacial score (nSPS) is 14.1. The van der Waals surface area contributed by atoms with Crippen molar-refractivity contribution in [3.8, 4) is 0 Å². The summed E-state index contributed by atoms with van der Waals surface area (Å²) < 4.78 is 33.8. The number of rotatable bonds is 17. The average Bonchev–Trinajstić information content (AvgIpc) is 2.51. The van der Waals surface area contributed by atoms with E-state index in [1.54, 1.807) is 0 Å². The SMILES string of the molecule is CCCCCCCCCCCCCC(O)C(CCCC)S(=O)(=O)[O-].[Na+]. The Bertz CT molecular complexity index is 374. The molecule has 146 valence electrons. The van der Waals surface area contributed by atoms with E-state index in [0.717, 1.165) is 25.7 Å². The van der Waals surface area contributed by atoms with Crippen molar-refractivity contribution in [1.82, 2.24) is 0 Å².